The first kappa shape index (κ1) is 10.0. The lowest BCUT2D eigenvalue weighted by atomic mass is 9.88. The molecule has 1 heterocycles. The van der Waals surface area contributed by atoms with Gasteiger partial charge < -0.3 is 4.90 Å². The van der Waals surface area contributed by atoms with Gasteiger partial charge in [0, 0.05) is 12.6 Å². The summed E-state index contributed by atoms with van der Waals surface area (Å²) in [7, 11) is 0. The van der Waals surface area contributed by atoms with Crippen molar-refractivity contribution < 1.29 is 0 Å². The van der Waals surface area contributed by atoms with Crippen LogP contribution in [-0.4, -0.2) is 24.0 Å². The molecule has 0 aromatic heterocycles. The Morgan fingerprint density at radius 2 is 2.00 bits per heavy atom. The Morgan fingerprint density at radius 1 is 1.33 bits per heavy atom. The van der Waals surface area contributed by atoms with E-state index >= 15 is 0 Å². The molecule has 2 unspecified atom stereocenters. The van der Waals surface area contributed by atoms with Gasteiger partial charge in [0.15, 0.2) is 0 Å². The molecule has 0 aromatic carbocycles. The quantitative estimate of drug-likeness (QED) is 0.614. The molecule has 1 saturated heterocycles. The highest BCUT2D eigenvalue weighted by molar-refractivity contribution is 4.81. The van der Waals surface area contributed by atoms with E-state index in [2.05, 4.69) is 32.6 Å². The van der Waals surface area contributed by atoms with Crippen molar-refractivity contribution in [2.24, 2.45) is 11.8 Å². The highest BCUT2D eigenvalue weighted by Gasteiger charge is 2.26. The fourth-order valence-electron chi connectivity index (χ4n) is 2.38. The maximum Gasteiger partial charge on any atom is 0.0118 e. The van der Waals surface area contributed by atoms with Gasteiger partial charge in [-0.25, -0.2) is 0 Å². The van der Waals surface area contributed by atoms with Gasteiger partial charge in [-0.1, -0.05) is 27.7 Å². The zero-order valence-corrected chi connectivity index (χ0v) is 9.01. The average molecular weight is 169 g/mol. The van der Waals surface area contributed by atoms with Crippen molar-refractivity contribution in [2.75, 3.05) is 13.1 Å². The summed E-state index contributed by atoms with van der Waals surface area (Å²) in [6.45, 7) is 11.9. The lowest BCUT2D eigenvalue weighted by Gasteiger charge is -2.40. The Kier molecular flexibility index (Phi) is 3.57. The fraction of sp³-hybridized carbons (Fsp3) is 1.00. The first-order valence-electron chi connectivity index (χ1n) is 5.39. The molecule has 1 aliphatic heterocycles. The lowest BCUT2D eigenvalue weighted by molar-refractivity contribution is 0.0892. The maximum atomic E-state index is 2.65. The minimum Gasteiger partial charge on any atom is -0.300 e. The van der Waals surface area contributed by atoms with Crippen LogP contribution in [0.15, 0.2) is 0 Å². The van der Waals surface area contributed by atoms with E-state index in [1.807, 2.05) is 0 Å². The van der Waals surface area contributed by atoms with E-state index in [1.54, 1.807) is 0 Å². The third kappa shape index (κ3) is 2.22. The summed E-state index contributed by atoms with van der Waals surface area (Å²) in [6, 6.07) is 0.853. The van der Waals surface area contributed by atoms with E-state index in [0.29, 0.717) is 0 Å². The predicted molar refractivity (Wildman–Crippen MR) is 54.3 cm³/mol. The van der Waals surface area contributed by atoms with Crippen molar-refractivity contribution in [1.29, 1.82) is 0 Å². The average Bonchev–Trinajstić information content (AvgIpc) is 2.03. The molecule has 0 radical (unpaired) electrons. The van der Waals surface area contributed by atoms with Crippen LogP contribution >= 0.6 is 0 Å². The second-order valence-corrected chi connectivity index (χ2v) is 4.58. The molecule has 1 rings (SSSR count). The topological polar surface area (TPSA) is 3.24 Å². The van der Waals surface area contributed by atoms with E-state index in [9.17, 15) is 0 Å². The first-order valence-corrected chi connectivity index (χ1v) is 5.39. The molecule has 2 atom stereocenters. The summed E-state index contributed by atoms with van der Waals surface area (Å²) < 4.78 is 0. The zero-order valence-electron chi connectivity index (χ0n) is 9.01. The van der Waals surface area contributed by atoms with Crippen molar-refractivity contribution in [2.45, 2.75) is 46.6 Å². The van der Waals surface area contributed by atoms with Gasteiger partial charge in [0.2, 0.25) is 0 Å². The van der Waals surface area contributed by atoms with Crippen molar-refractivity contribution in [3.8, 4) is 0 Å². The molecule has 1 fully saturated rings. The molecule has 12 heavy (non-hydrogen) atoms. The standard InChI is InChI=1S/C11H23N/c1-5-12-8-10(4)6-7-11(12)9(2)3/h9-11H,5-8H2,1-4H3. The Labute approximate surface area is 77.1 Å². The third-order valence-electron chi connectivity index (χ3n) is 3.15. The molecular formula is C11H23N. The Bertz CT molecular complexity index is 131. The van der Waals surface area contributed by atoms with Crippen LogP contribution in [0.5, 0.6) is 0 Å². The van der Waals surface area contributed by atoms with Gasteiger partial charge in [0.05, 0.1) is 0 Å². The minimum absolute atomic E-state index is 0.831. The number of piperidine rings is 1. The largest absolute Gasteiger partial charge is 0.300 e. The molecule has 1 heteroatoms. The van der Waals surface area contributed by atoms with Crippen LogP contribution in [0, 0.1) is 11.8 Å². The van der Waals surface area contributed by atoms with Crippen LogP contribution in [0.4, 0.5) is 0 Å². The minimum atomic E-state index is 0.831. The van der Waals surface area contributed by atoms with Crippen LogP contribution < -0.4 is 0 Å². The SMILES string of the molecule is CCN1CC(C)CCC1C(C)C. The molecule has 1 nitrogen and oxygen atoms in total. The van der Waals surface area contributed by atoms with E-state index in [1.165, 1.54) is 25.9 Å². The van der Waals surface area contributed by atoms with Crippen molar-refractivity contribution in [3.63, 3.8) is 0 Å². The molecule has 0 aliphatic carbocycles. The van der Waals surface area contributed by atoms with Gasteiger partial charge in [0.25, 0.3) is 0 Å². The van der Waals surface area contributed by atoms with Gasteiger partial charge in [0.1, 0.15) is 0 Å². The summed E-state index contributed by atoms with van der Waals surface area (Å²) in [5, 5.41) is 0. The Hall–Kier alpha value is -0.0400. The monoisotopic (exact) mass is 169 g/mol. The molecule has 0 saturated carbocycles. The van der Waals surface area contributed by atoms with E-state index in [4.69, 9.17) is 0 Å². The molecule has 1 aliphatic rings. The van der Waals surface area contributed by atoms with Crippen molar-refractivity contribution in [3.05, 3.63) is 0 Å². The van der Waals surface area contributed by atoms with Crippen LogP contribution in [-0.2, 0) is 0 Å². The Morgan fingerprint density at radius 3 is 2.50 bits per heavy atom. The normalized spacial score (nSPS) is 32.8. The highest BCUT2D eigenvalue weighted by atomic mass is 15.2. The van der Waals surface area contributed by atoms with Gasteiger partial charge in [-0.2, -0.15) is 0 Å². The second-order valence-electron chi connectivity index (χ2n) is 4.58. The number of nitrogens with zero attached hydrogens (tertiary/aromatic N) is 1. The Balaban J connectivity index is 2.50. The van der Waals surface area contributed by atoms with Crippen LogP contribution in [0.25, 0.3) is 0 Å². The first-order chi connectivity index (χ1) is 5.65. The number of likely N-dealkylation sites (tertiary alicyclic amines) is 1. The maximum absolute atomic E-state index is 2.65. The molecule has 0 N–H and O–H groups in total. The summed E-state index contributed by atoms with van der Waals surface area (Å²) >= 11 is 0. The molecule has 0 aromatic rings. The van der Waals surface area contributed by atoms with Crippen LogP contribution in [0.1, 0.15) is 40.5 Å². The summed E-state index contributed by atoms with van der Waals surface area (Å²) in [5.74, 6) is 1.75. The van der Waals surface area contributed by atoms with Crippen molar-refractivity contribution in [1.82, 2.24) is 4.90 Å². The predicted octanol–water partition coefficient (Wildman–Crippen LogP) is 2.76. The molecule has 72 valence electrons. The van der Waals surface area contributed by atoms with E-state index in [-0.39, 0.29) is 0 Å². The van der Waals surface area contributed by atoms with E-state index < -0.39 is 0 Å². The highest BCUT2D eigenvalue weighted by Crippen LogP contribution is 2.25. The molecule has 0 amide bonds. The number of hydrogen-bond donors (Lipinski definition) is 0. The van der Waals surface area contributed by atoms with Crippen molar-refractivity contribution >= 4 is 0 Å². The zero-order chi connectivity index (χ0) is 9.14. The number of rotatable bonds is 2. The van der Waals surface area contributed by atoms with Gasteiger partial charge in [-0.3, -0.25) is 0 Å². The van der Waals surface area contributed by atoms with Crippen LogP contribution in [0.2, 0.25) is 0 Å². The lowest BCUT2D eigenvalue weighted by Crippen LogP contribution is -2.45. The summed E-state index contributed by atoms with van der Waals surface area (Å²) in [6.07, 6.45) is 2.84. The smallest absolute Gasteiger partial charge is 0.0118 e. The fourth-order valence-corrected chi connectivity index (χ4v) is 2.38. The third-order valence-corrected chi connectivity index (χ3v) is 3.15. The van der Waals surface area contributed by atoms with Crippen LogP contribution in [0.3, 0.4) is 0 Å². The molecule has 0 bridgehead atoms. The molecular weight excluding hydrogens is 146 g/mol. The van der Waals surface area contributed by atoms with E-state index in [0.717, 1.165) is 17.9 Å². The molecule has 0 spiro atoms. The van der Waals surface area contributed by atoms with Gasteiger partial charge >= 0.3 is 0 Å². The number of hydrogen-bond acceptors (Lipinski definition) is 1. The second kappa shape index (κ2) is 4.27. The van der Waals surface area contributed by atoms with Gasteiger partial charge in [-0.15, -0.1) is 0 Å². The summed E-state index contributed by atoms with van der Waals surface area (Å²) in [4.78, 5) is 2.65. The van der Waals surface area contributed by atoms with Gasteiger partial charge in [-0.05, 0) is 31.2 Å². The summed E-state index contributed by atoms with van der Waals surface area (Å²) in [5.41, 5.74) is 0.